The standard InChI is InChI=1S/C17H14N4O/c1-21-16-15(10-19-21)20-14-5-4-11(8-13(14)17(16)22)7-12-3-2-6-18-9-12/h2-6,8-10H,7H2,1H3,(H,20,22). The van der Waals surface area contributed by atoms with Gasteiger partial charge in [-0.05, 0) is 35.7 Å². The zero-order valence-electron chi connectivity index (χ0n) is 12.1. The van der Waals surface area contributed by atoms with Crippen molar-refractivity contribution < 1.29 is 0 Å². The summed E-state index contributed by atoms with van der Waals surface area (Å²) >= 11 is 0. The van der Waals surface area contributed by atoms with Crippen LogP contribution in [0, 0.1) is 0 Å². The van der Waals surface area contributed by atoms with E-state index < -0.39 is 0 Å². The highest BCUT2D eigenvalue weighted by Gasteiger charge is 2.10. The maximum Gasteiger partial charge on any atom is 0.215 e. The highest BCUT2D eigenvalue weighted by atomic mass is 16.1. The van der Waals surface area contributed by atoms with E-state index in [-0.39, 0.29) is 5.43 Å². The van der Waals surface area contributed by atoms with Crippen molar-refractivity contribution >= 4 is 21.9 Å². The summed E-state index contributed by atoms with van der Waals surface area (Å²) in [6.45, 7) is 0. The van der Waals surface area contributed by atoms with Crippen molar-refractivity contribution in [3.05, 3.63) is 70.3 Å². The van der Waals surface area contributed by atoms with Crippen molar-refractivity contribution in [3.8, 4) is 0 Å². The SMILES string of the molecule is Cn1ncc2[nH]c3ccc(Cc4cccnc4)cc3c(=O)c21. The number of nitrogens with one attached hydrogen (secondary N) is 1. The summed E-state index contributed by atoms with van der Waals surface area (Å²) in [5.41, 5.74) is 4.43. The van der Waals surface area contributed by atoms with E-state index in [0.717, 1.165) is 28.6 Å². The lowest BCUT2D eigenvalue weighted by Gasteiger charge is -2.05. The highest BCUT2D eigenvalue weighted by molar-refractivity contribution is 5.90. The second kappa shape index (κ2) is 4.80. The number of aryl methyl sites for hydroxylation is 1. The van der Waals surface area contributed by atoms with Crippen LogP contribution in [0.25, 0.3) is 21.9 Å². The molecule has 5 heteroatoms. The molecule has 0 unspecified atom stereocenters. The highest BCUT2D eigenvalue weighted by Crippen LogP contribution is 2.17. The lowest BCUT2D eigenvalue weighted by Crippen LogP contribution is -2.08. The van der Waals surface area contributed by atoms with Crippen LogP contribution in [0.1, 0.15) is 11.1 Å². The molecule has 0 aliphatic rings. The molecule has 108 valence electrons. The van der Waals surface area contributed by atoms with E-state index in [1.807, 2.05) is 36.5 Å². The second-order valence-corrected chi connectivity index (χ2v) is 5.40. The molecule has 0 aliphatic heterocycles. The van der Waals surface area contributed by atoms with Crippen molar-refractivity contribution in [1.29, 1.82) is 0 Å². The molecular formula is C17H14N4O. The van der Waals surface area contributed by atoms with Crippen LogP contribution < -0.4 is 5.43 Å². The number of benzene rings is 1. The number of H-pyrrole nitrogens is 1. The van der Waals surface area contributed by atoms with Gasteiger partial charge < -0.3 is 4.98 Å². The van der Waals surface area contributed by atoms with Gasteiger partial charge >= 0.3 is 0 Å². The van der Waals surface area contributed by atoms with Crippen molar-refractivity contribution in [2.75, 3.05) is 0 Å². The largest absolute Gasteiger partial charge is 0.352 e. The maximum atomic E-state index is 12.7. The predicted molar refractivity (Wildman–Crippen MR) is 85.9 cm³/mol. The van der Waals surface area contributed by atoms with E-state index in [9.17, 15) is 4.79 Å². The van der Waals surface area contributed by atoms with Gasteiger partial charge in [0.25, 0.3) is 0 Å². The number of rotatable bonds is 2. The van der Waals surface area contributed by atoms with E-state index in [1.54, 1.807) is 24.1 Å². The van der Waals surface area contributed by atoms with Crippen LogP contribution in [-0.4, -0.2) is 19.7 Å². The first-order valence-electron chi connectivity index (χ1n) is 7.08. The van der Waals surface area contributed by atoms with Crippen LogP contribution in [0.4, 0.5) is 0 Å². The summed E-state index contributed by atoms with van der Waals surface area (Å²) in [6.07, 6.45) is 6.04. The summed E-state index contributed by atoms with van der Waals surface area (Å²) in [5.74, 6) is 0. The van der Waals surface area contributed by atoms with Crippen molar-refractivity contribution in [3.63, 3.8) is 0 Å². The van der Waals surface area contributed by atoms with Gasteiger partial charge in [-0.15, -0.1) is 0 Å². The van der Waals surface area contributed by atoms with Crippen LogP contribution in [-0.2, 0) is 13.5 Å². The Morgan fingerprint density at radius 3 is 2.86 bits per heavy atom. The van der Waals surface area contributed by atoms with Gasteiger partial charge in [0.2, 0.25) is 5.43 Å². The first-order chi connectivity index (χ1) is 10.7. The average molecular weight is 290 g/mol. The molecule has 0 bridgehead atoms. The van der Waals surface area contributed by atoms with E-state index >= 15 is 0 Å². The lowest BCUT2D eigenvalue weighted by atomic mass is 10.0. The van der Waals surface area contributed by atoms with E-state index in [4.69, 9.17) is 0 Å². The normalized spacial score (nSPS) is 11.3. The van der Waals surface area contributed by atoms with Crippen LogP contribution in [0.5, 0.6) is 0 Å². The quantitative estimate of drug-likeness (QED) is 0.616. The summed E-state index contributed by atoms with van der Waals surface area (Å²) < 4.78 is 1.61. The number of nitrogens with zero attached hydrogens (tertiary/aromatic N) is 3. The van der Waals surface area contributed by atoms with E-state index in [2.05, 4.69) is 15.1 Å². The van der Waals surface area contributed by atoms with Crippen LogP contribution in [0.3, 0.4) is 0 Å². The Morgan fingerprint density at radius 2 is 2.05 bits per heavy atom. The summed E-state index contributed by atoms with van der Waals surface area (Å²) in [4.78, 5) is 20.1. The minimum Gasteiger partial charge on any atom is -0.352 e. The third kappa shape index (κ3) is 1.98. The molecule has 22 heavy (non-hydrogen) atoms. The molecule has 3 aromatic heterocycles. The first-order valence-corrected chi connectivity index (χ1v) is 7.08. The molecule has 3 heterocycles. The van der Waals surface area contributed by atoms with Crippen LogP contribution in [0.15, 0.2) is 53.7 Å². The molecule has 0 radical (unpaired) electrons. The van der Waals surface area contributed by atoms with Gasteiger partial charge in [0.15, 0.2) is 0 Å². The number of aromatic amines is 1. The predicted octanol–water partition coefficient (Wildman–Crippen LogP) is 2.40. The molecule has 0 amide bonds. The molecule has 0 fully saturated rings. The Kier molecular flexibility index (Phi) is 2.79. The fourth-order valence-electron chi connectivity index (χ4n) is 2.81. The zero-order chi connectivity index (χ0) is 15.1. The first kappa shape index (κ1) is 12.8. The lowest BCUT2D eigenvalue weighted by molar-refractivity contribution is 0.795. The van der Waals surface area contributed by atoms with Gasteiger partial charge in [-0.1, -0.05) is 12.1 Å². The minimum atomic E-state index is 0.0109. The summed E-state index contributed by atoms with van der Waals surface area (Å²) in [5, 5.41) is 4.84. The molecule has 0 saturated carbocycles. The number of aromatic nitrogens is 4. The van der Waals surface area contributed by atoms with Crippen LogP contribution >= 0.6 is 0 Å². The van der Waals surface area contributed by atoms with Crippen molar-refractivity contribution in [1.82, 2.24) is 19.7 Å². The Labute approximate surface area is 126 Å². The monoisotopic (exact) mass is 290 g/mol. The molecular weight excluding hydrogens is 276 g/mol. The van der Waals surface area contributed by atoms with Gasteiger partial charge in [0.1, 0.15) is 5.52 Å². The molecule has 0 aliphatic carbocycles. The second-order valence-electron chi connectivity index (χ2n) is 5.40. The fraction of sp³-hybridized carbons (Fsp3) is 0.118. The smallest absolute Gasteiger partial charge is 0.215 e. The maximum absolute atomic E-state index is 12.7. The molecule has 0 atom stereocenters. The van der Waals surface area contributed by atoms with Crippen molar-refractivity contribution in [2.24, 2.45) is 7.05 Å². The number of fused-ring (bicyclic) bond motifs is 2. The van der Waals surface area contributed by atoms with Gasteiger partial charge in [0.05, 0.1) is 11.7 Å². The molecule has 0 saturated heterocycles. The summed E-state index contributed by atoms with van der Waals surface area (Å²) in [7, 11) is 1.78. The molecule has 4 aromatic rings. The van der Waals surface area contributed by atoms with Gasteiger partial charge in [-0.2, -0.15) is 5.10 Å². The summed E-state index contributed by atoms with van der Waals surface area (Å²) in [6, 6.07) is 9.89. The van der Waals surface area contributed by atoms with Gasteiger partial charge in [-0.3, -0.25) is 14.5 Å². The Morgan fingerprint density at radius 1 is 1.14 bits per heavy atom. The number of pyridine rings is 2. The molecule has 4 rings (SSSR count). The molecule has 1 aromatic carbocycles. The third-order valence-corrected chi connectivity index (χ3v) is 3.88. The van der Waals surface area contributed by atoms with Gasteiger partial charge in [-0.25, -0.2) is 0 Å². The van der Waals surface area contributed by atoms with Gasteiger partial charge in [0, 0.05) is 30.3 Å². The fourth-order valence-corrected chi connectivity index (χ4v) is 2.81. The topological polar surface area (TPSA) is 63.6 Å². The Bertz CT molecular complexity index is 1030. The molecule has 5 nitrogen and oxygen atoms in total. The number of hydrogen-bond donors (Lipinski definition) is 1. The van der Waals surface area contributed by atoms with Crippen LogP contribution in [0.2, 0.25) is 0 Å². The minimum absolute atomic E-state index is 0.0109. The Balaban J connectivity index is 1.89. The molecule has 1 N–H and O–H groups in total. The van der Waals surface area contributed by atoms with Crippen molar-refractivity contribution in [2.45, 2.75) is 6.42 Å². The molecule has 0 spiro atoms. The van der Waals surface area contributed by atoms with E-state index in [0.29, 0.717) is 10.9 Å². The van der Waals surface area contributed by atoms with E-state index in [1.165, 1.54) is 0 Å². The number of hydrogen-bond acceptors (Lipinski definition) is 3. The Hall–Kier alpha value is -2.95. The average Bonchev–Trinajstić information content (AvgIpc) is 2.90. The third-order valence-electron chi connectivity index (χ3n) is 3.88. The zero-order valence-corrected chi connectivity index (χ0v) is 12.1.